The molecule has 2 unspecified atom stereocenters. The second-order valence-corrected chi connectivity index (χ2v) is 2.68. The number of hydrogen-bond acceptors (Lipinski definition) is 3. The Kier molecular flexibility index (Phi) is 4.60. The van der Waals surface area contributed by atoms with Crippen molar-refractivity contribution in [3.05, 3.63) is 0 Å². The Morgan fingerprint density at radius 2 is 2.10 bits per heavy atom. The number of aliphatic hydroxyl groups excluding tert-OH is 1. The van der Waals surface area contributed by atoms with Crippen LogP contribution in [0, 0.1) is 0 Å². The minimum atomic E-state index is 0.0370. The maximum Gasteiger partial charge on any atom is 0.0601 e. The van der Waals surface area contributed by atoms with Crippen molar-refractivity contribution in [3.63, 3.8) is 0 Å². The van der Waals surface area contributed by atoms with Gasteiger partial charge in [0.25, 0.3) is 0 Å². The van der Waals surface area contributed by atoms with Crippen molar-refractivity contribution >= 4 is 0 Å². The Bertz CT molecular complexity index is 85.7. The molecule has 10 heavy (non-hydrogen) atoms. The molecule has 0 saturated heterocycles. The van der Waals surface area contributed by atoms with Crippen LogP contribution in [-0.4, -0.2) is 42.3 Å². The summed E-state index contributed by atoms with van der Waals surface area (Å²) in [4.78, 5) is 2.05. The van der Waals surface area contributed by atoms with Gasteiger partial charge in [0.2, 0.25) is 0 Å². The van der Waals surface area contributed by atoms with Gasteiger partial charge in [-0.3, -0.25) is 4.90 Å². The lowest BCUT2D eigenvalue weighted by Gasteiger charge is -2.27. The van der Waals surface area contributed by atoms with Crippen molar-refractivity contribution < 1.29 is 5.11 Å². The number of hydrogen-bond donors (Lipinski definition) is 2. The second-order valence-electron chi connectivity index (χ2n) is 2.68. The van der Waals surface area contributed by atoms with E-state index < -0.39 is 0 Å². The summed E-state index contributed by atoms with van der Waals surface area (Å²) in [6, 6.07) is 0.139. The molecule has 0 fully saturated rings. The van der Waals surface area contributed by atoms with Gasteiger partial charge in [0.1, 0.15) is 0 Å². The molecule has 0 aromatic carbocycles. The molecule has 0 rings (SSSR count). The monoisotopic (exact) mass is 146 g/mol. The SMILES string of the molecule is CCN(C)C(CO)C(C)N. The molecule has 0 heterocycles. The highest BCUT2D eigenvalue weighted by Gasteiger charge is 2.15. The standard InChI is InChI=1S/C7H18N2O/c1-4-9(3)7(5-10)6(2)8/h6-7,10H,4-5,8H2,1-3H3. The lowest BCUT2D eigenvalue weighted by molar-refractivity contribution is 0.136. The van der Waals surface area contributed by atoms with Crippen molar-refractivity contribution in [2.45, 2.75) is 25.9 Å². The van der Waals surface area contributed by atoms with Crippen LogP contribution in [0.5, 0.6) is 0 Å². The lowest BCUT2D eigenvalue weighted by atomic mass is 10.1. The predicted molar refractivity (Wildman–Crippen MR) is 42.8 cm³/mol. The minimum Gasteiger partial charge on any atom is -0.395 e. The zero-order valence-electron chi connectivity index (χ0n) is 7.04. The van der Waals surface area contributed by atoms with Crippen LogP contribution in [0.2, 0.25) is 0 Å². The number of aliphatic hydroxyl groups is 1. The quantitative estimate of drug-likeness (QED) is 0.570. The van der Waals surface area contributed by atoms with Gasteiger partial charge in [0.15, 0.2) is 0 Å². The number of nitrogens with zero attached hydrogens (tertiary/aromatic N) is 1. The number of rotatable bonds is 4. The first-order valence-electron chi connectivity index (χ1n) is 3.70. The van der Waals surface area contributed by atoms with E-state index >= 15 is 0 Å². The van der Waals surface area contributed by atoms with E-state index in [-0.39, 0.29) is 18.7 Å². The van der Waals surface area contributed by atoms with E-state index in [0.717, 1.165) is 6.54 Å². The summed E-state index contributed by atoms with van der Waals surface area (Å²) >= 11 is 0. The maximum absolute atomic E-state index is 8.88. The zero-order valence-corrected chi connectivity index (χ0v) is 7.04. The maximum atomic E-state index is 8.88. The Morgan fingerprint density at radius 1 is 1.60 bits per heavy atom. The molecule has 0 amide bonds. The van der Waals surface area contributed by atoms with E-state index in [0.29, 0.717) is 0 Å². The molecule has 2 atom stereocenters. The molecule has 0 aromatic heterocycles. The average molecular weight is 146 g/mol. The van der Waals surface area contributed by atoms with Crippen molar-refractivity contribution in [3.8, 4) is 0 Å². The normalized spacial score (nSPS) is 17.4. The number of likely N-dealkylation sites (N-methyl/N-ethyl adjacent to an activating group) is 1. The van der Waals surface area contributed by atoms with Crippen molar-refractivity contribution in [2.24, 2.45) is 5.73 Å². The summed E-state index contributed by atoms with van der Waals surface area (Å²) in [6.07, 6.45) is 0. The molecule has 0 aliphatic carbocycles. The molecule has 0 radical (unpaired) electrons. The van der Waals surface area contributed by atoms with Crippen molar-refractivity contribution in [1.82, 2.24) is 4.90 Å². The molecule has 0 spiro atoms. The first-order valence-corrected chi connectivity index (χ1v) is 3.70. The van der Waals surface area contributed by atoms with Gasteiger partial charge in [-0.25, -0.2) is 0 Å². The molecule has 0 bridgehead atoms. The fourth-order valence-electron chi connectivity index (χ4n) is 0.942. The summed E-state index contributed by atoms with van der Waals surface area (Å²) in [6.45, 7) is 5.02. The van der Waals surface area contributed by atoms with Crippen molar-refractivity contribution in [1.29, 1.82) is 0 Å². The summed E-state index contributed by atoms with van der Waals surface area (Å²) in [5.74, 6) is 0. The van der Waals surface area contributed by atoms with Crippen LogP contribution in [-0.2, 0) is 0 Å². The molecule has 62 valence electrons. The summed E-state index contributed by atoms with van der Waals surface area (Å²) in [7, 11) is 1.96. The van der Waals surface area contributed by atoms with Crippen LogP contribution in [0.3, 0.4) is 0 Å². The van der Waals surface area contributed by atoms with Crippen LogP contribution < -0.4 is 5.73 Å². The Morgan fingerprint density at radius 3 is 2.20 bits per heavy atom. The van der Waals surface area contributed by atoms with Gasteiger partial charge >= 0.3 is 0 Å². The van der Waals surface area contributed by atoms with Crippen LogP contribution in [0.25, 0.3) is 0 Å². The number of nitrogens with two attached hydrogens (primary N) is 1. The van der Waals surface area contributed by atoms with Gasteiger partial charge in [-0.1, -0.05) is 6.92 Å². The lowest BCUT2D eigenvalue weighted by Crippen LogP contribution is -2.46. The molecule has 3 nitrogen and oxygen atoms in total. The summed E-state index contributed by atoms with van der Waals surface area (Å²) in [5.41, 5.74) is 5.62. The molecule has 3 heteroatoms. The topological polar surface area (TPSA) is 49.5 Å². The highest BCUT2D eigenvalue weighted by atomic mass is 16.3. The second kappa shape index (κ2) is 4.66. The zero-order chi connectivity index (χ0) is 8.15. The highest BCUT2D eigenvalue weighted by molar-refractivity contribution is 4.75. The van der Waals surface area contributed by atoms with E-state index in [2.05, 4.69) is 0 Å². The third-order valence-electron chi connectivity index (χ3n) is 1.86. The van der Waals surface area contributed by atoms with Crippen LogP contribution in [0.15, 0.2) is 0 Å². The van der Waals surface area contributed by atoms with Crippen LogP contribution in [0.4, 0.5) is 0 Å². The fourth-order valence-corrected chi connectivity index (χ4v) is 0.942. The Labute approximate surface area is 62.8 Å². The predicted octanol–water partition coefficient (Wildman–Crippen LogP) is -0.354. The summed E-state index contributed by atoms with van der Waals surface area (Å²) in [5, 5.41) is 8.88. The van der Waals surface area contributed by atoms with Gasteiger partial charge in [-0.05, 0) is 20.5 Å². The van der Waals surface area contributed by atoms with Crippen LogP contribution >= 0.6 is 0 Å². The van der Waals surface area contributed by atoms with Gasteiger partial charge in [-0.15, -0.1) is 0 Å². The van der Waals surface area contributed by atoms with Gasteiger partial charge in [-0.2, -0.15) is 0 Å². The molecule has 3 N–H and O–H groups in total. The van der Waals surface area contributed by atoms with E-state index in [1.165, 1.54) is 0 Å². The first-order chi connectivity index (χ1) is 4.63. The molecular weight excluding hydrogens is 128 g/mol. The molecule has 0 saturated carbocycles. The molecular formula is C7H18N2O. The highest BCUT2D eigenvalue weighted by Crippen LogP contribution is 1.98. The molecule has 0 aromatic rings. The fraction of sp³-hybridized carbons (Fsp3) is 1.00. The Balaban J connectivity index is 3.80. The molecule has 0 aliphatic rings. The van der Waals surface area contributed by atoms with E-state index in [1.807, 2.05) is 25.8 Å². The smallest absolute Gasteiger partial charge is 0.0601 e. The van der Waals surface area contributed by atoms with Gasteiger partial charge in [0, 0.05) is 12.1 Å². The van der Waals surface area contributed by atoms with E-state index in [4.69, 9.17) is 10.8 Å². The third kappa shape index (κ3) is 2.64. The average Bonchev–Trinajstić information content (AvgIpc) is 1.88. The van der Waals surface area contributed by atoms with Gasteiger partial charge in [0.05, 0.1) is 6.61 Å². The van der Waals surface area contributed by atoms with E-state index in [9.17, 15) is 0 Å². The first kappa shape index (κ1) is 9.88. The minimum absolute atomic E-state index is 0.0370. The van der Waals surface area contributed by atoms with Gasteiger partial charge < -0.3 is 10.8 Å². The molecule has 0 aliphatic heterocycles. The largest absolute Gasteiger partial charge is 0.395 e. The Hall–Kier alpha value is -0.120. The van der Waals surface area contributed by atoms with E-state index in [1.54, 1.807) is 0 Å². The third-order valence-corrected chi connectivity index (χ3v) is 1.86. The van der Waals surface area contributed by atoms with Crippen molar-refractivity contribution in [2.75, 3.05) is 20.2 Å². The van der Waals surface area contributed by atoms with Crippen LogP contribution in [0.1, 0.15) is 13.8 Å². The summed E-state index contributed by atoms with van der Waals surface area (Å²) < 4.78 is 0.